The predicted octanol–water partition coefficient (Wildman–Crippen LogP) is 2.48. The van der Waals surface area contributed by atoms with E-state index in [1.807, 2.05) is 10.6 Å². The molecule has 1 saturated heterocycles. The van der Waals surface area contributed by atoms with Crippen LogP contribution in [0.2, 0.25) is 0 Å². The highest BCUT2D eigenvalue weighted by molar-refractivity contribution is 7.89. The Morgan fingerprint density at radius 1 is 1.36 bits per heavy atom. The van der Waals surface area contributed by atoms with Crippen molar-refractivity contribution in [3.8, 4) is 6.07 Å². The number of piperidine rings is 1. The number of nitriles is 1. The average Bonchev–Trinajstić information content (AvgIpc) is 3.10. The lowest BCUT2D eigenvalue weighted by atomic mass is 10.0. The summed E-state index contributed by atoms with van der Waals surface area (Å²) < 4.78 is 29.8. The molecule has 1 fully saturated rings. The molecule has 2 aromatic rings. The molecule has 7 nitrogen and oxygen atoms in total. The Kier molecular flexibility index (Phi) is 5.16. The van der Waals surface area contributed by atoms with E-state index in [2.05, 4.69) is 17.1 Å². The van der Waals surface area contributed by atoms with E-state index < -0.39 is 10.0 Å². The van der Waals surface area contributed by atoms with Crippen molar-refractivity contribution >= 4 is 10.0 Å². The minimum Gasteiger partial charge on any atom is -0.316 e. The van der Waals surface area contributed by atoms with Crippen molar-refractivity contribution in [3.63, 3.8) is 0 Å². The summed E-state index contributed by atoms with van der Waals surface area (Å²) in [5.41, 5.74) is 0.337. The fourth-order valence-electron chi connectivity index (χ4n) is 3.25. The Hall–Kier alpha value is -2.24. The van der Waals surface area contributed by atoms with Crippen LogP contribution >= 0.6 is 0 Å². The van der Waals surface area contributed by atoms with Crippen LogP contribution in [0.4, 0.5) is 0 Å². The Labute approximate surface area is 148 Å². The fourth-order valence-corrected chi connectivity index (χ4v) is 4.95. The molecule has 0 unspecified atom stereocenters. The van der Waals surface area contributed by atoms with Crippen LogP contribution in [0.5, 0.6) is 0 Å². The van der Waals surface area contributed by atoms with Crippen molar-refractivity contribution in [2.24, 2.45) is 0 Å². The van der Waals surface area contributed by atoms with E-state index in [4.69, 9.17) is 5.26 Å². The second-order valence-corrected chi connectivity index (χ2v) is 8.04. The molecule has 3 rings (SSSR count). The smallest absolute Gasteiger partial charge is 0.243 e. The molecular weight excluding hydrogens is 338 g/mol. The summed E-state index contributed by atoms with van der Waals surface area (Å²) >= 11 is 0. The molecule has 1 aromatic heterocycles. The summed E-state index contributed by atoms with van der Waals surface area (Å²) in [6.45, 7) is 3.27. The molecule has 25 heavy (non-hydrogen) atoms. The van der Waals surface area contributed by atoms with Gasteiger partial charge in [0.2, 0.25) is 10.0 Å². The van der Waals surface area contributed by atoms with Gasteiger partial charge >= 0.3 is 0 Å². The minimum atomic E-state index is -3.70. The Balaban J connectivity index is 2.00. The highest BCUT2D eigenvalue weighted by atomic mass is 32.2. The van der Waals surface area contributed by atoms with Gasteiger partial charge in [0, 0.05) is 13.1 Å². The van der Waals surface area contributed by atoms with E-state index in [1.165, 1.54) is 10.4 Å². The summed E-state index contributed by atoms with van der Waals surface area (Å²) in [5.74, 6) is 0.696. The largest absolute Gasteiger partial charge is 0.316 e. The van der Waals surface area contributed by atoms with Crippen molar-refractivity contribution in [3.05, 3.63) is 42.0 Å². The van der Waals surface area contributed by atoms with E-state index in [1.54, 1.807) is 24.5 Å². The molecule has 0 amide bonds. The first-order valence-corrected chi connectivity index (χ1v) is 9.91. The molecule has 0 N–H and O–H groups in total. The van der Waals surface area contributed by atoms with Crippen molar-refractivity contribution < 1.29 is 8.42 Å². The first-order chi connectivity index (χ1) is 12.1. The van der Waals surface area contributed by atoms with Crippen LogP contribution in [0.1, 0.15) is 50.0 Å². The van der Waals surface area contributed by atoms with Gasteiger partial charge in [-0.25, -0.2) is 8.42 Å². The third kappa shape index (κ3) is 3.43. The number of nitrogens with zero attached hydrogens (tertiary/aromatic N) is 5. The van der Waals surface area contributed by atoms with Gasteiger partial charge < -0.3 is 4.57 Å². The van der Waals surface area contributed by atoms with Crippen LogP contribution in [-0.4, -0.2) is 34.0 Å². The predicted molar refractivity (Wildman–Crippen MR) is 92.0 cm³/mol. The zero-order valence-electron chi connectivity index (χ0n) is 14.2. The maximum Gasteiger partial charge on any atom is 0.243 e. The third-order valence-electron chi connectivity index (χ3n) is 4.43. The maximum atomic E-state index is 13.2. The van der Waals surface area contributed by atoms with Gasteiger partial charge in [0.1, 0.15) is 6.33 Å². The first-order valence-electron chi connectivity index (χ1n) is 8.47. The summed E-state index contributed by atoms with van der Waals surface area (Å²) in [6.07, 6.45) is 5.08. The number of sulfonamides is 1. The van der Waals surface area contributed by atoms with Crippen molar-refractivity contribution in [2.75, 3.05) is 6.54 Å². The molecule has 2 heterocycles. The van der Waals surface area contributed by atoms with Crippen molar-refractivity contribution in [1.29, 1.82) is 5.26 Å². The first kappa shape index (κ1) is 17.6. The number of rotatable bonds is 5. The van der Waals surface area contributed by atoms with Gasteiger partial charge in [-0.3, -0.25) is 0 Å². The molecule has 8 heteroatoms. The van der Waals surface area contributed by atoms with Crippen LogP contribution in [0.3, 0.4) is 0 Å². The van der Waals surface area contributed by atoms with Crippen LogP contribution < -0.4 is 0 Å². The number of benzene rings is 1. The van der Waals surface area contributed by atoms with Gasteiger partial charge in [-0.2, -0.15) is 9.57 Å². The number of aromatic nitrogens is 3. The van der Waals surface area contributed by atoms with Gasteiger partial charge in [0.05, 0.1) is 22.6 Å². The van der Waals surface area contributed by atoms with Crippen LogP contribution in [0.15, 0.2) is 35.5 Å². The van der Waals surface area contributed by atoms with E-state index in [0.29, 0.717) is 17.9 Å². The lowest BCUT2D eigenvalue weighted by molar-refractivity contribution is 0.240. The minimum absolute atomic E-state index is 0.153. The van der Waals surface area contributed by atoms with Crippen molar-refractivity contribution in [2.45, 2.75) is 50.1 Å². The lowest BCUT2D eigenvalue weighted by Crippen LogP contribution is -2.39. The summed E-state index contributed by atoms with van der Waals surface area (Å²) in [5, 5.41) is 17.2. The Bertz CT molecular complexity index is 884. The molecule has 0 bridgehead atoms. The molecule has 132 valence electrons. The quantitative estimate of drug-likeness (QED) is 0.818. The molecule has 1 aliphatic rings. The van der Waals surface area contributed by atoms with Crippen molar-refractivity contribution in [1.82, 2.24) is 19.1 Å². The van der Waals surface area contributed by atoms with E-state index in [9.17, 15) is 8.42 Å². The van der Waals surface area contributed by atoms with Crippen LogP contribution in [0, 0.1) is 11.3 Å². The molecule has 1 atom stereocenters. The zero-order chi connectivity index (χ0) is 17.9. The molecule has 0 radical (unpaired) electrons. The van der Waals surface area contributed by atoms with Gasteiger partial charge in [-0.1, -0.05) is 19.4 Å². The average molecular weight is 359 g/mol. The number of hydrogen-bond acceptors (Lipinski definition) is 5. The molecule has 0 spiro atoms. The summed E-state index contributed by atoms with van der Waals surface area (Å²) in [6, 6.07) is 7.85. The standard InChI is InChI=1S/C17H21N5O2S/c1-2-9-21-13-19-20-17(21)16-8-3-4-10-22(16)25(23,24)15-7-5-6-14(11-15)12-18/h5-7,11,13,16H,2-4,8-10H2,1H3/t16-/m1/s1. The fraction of sp³-hybridized carbons (Fsp3) is 0.471. The Morgan fingerprint density at radius 3 is 2.96 bits per heavy atom. The molecule has 1 aliphatic heterocycles. The SMILES string of the molecule is CCCn1cnnc1[C@H]1CCCCN1S(=O)(=O)c1cccc(C#N)c1. The van der Waals surface area contributed by atoms with E-state index in [-0.39, 0.29) is 10.9 Å². The highest BCUT2D eigenvalue weighted by Gasteiger charge is 2.37. The van der Waals surface area contributed by atoms with Gasteiger partial charge in [0.15, 0.2) is 5.82 Å². The molecule has 0 saturated carbocycles. The van der Waals surface area contributed by atoms with Gasteiger partial charge in [0.25, 0.3) is 0 Å². The topological polar surface area (TPSA) is 91.9 Å². The number of hydrogen-bond donors (Lipinski definition) is 0. The summed E-state index contributed by atoms with van der Waals surface area (Å²) in [7, 11) is -3.70. The highest BCUT2D eigenvalue weighted by Crippen LogP contribution is 2.34. The molecular formula is C17H21N5O2S. The third-order valence-corrected chi connectivity index (χ3v) is 6.34. The van der Waals surface area contributed by atoms with Crippen LogP contribution in [-0.2, 0) is 16.6 Å². The molecule has 1 aromatic carbocycles. The van der Waals surface area contributed by atoms with E-state index >= 15 is 0 Å². The normalized spacial score (nSPS) is 18.8. The van der Waals surface area contributed by atoms with E-state index in [0.717, 1.165) is 32.2 Å². The second-order valence-electron chi connectivity index (χ2n) is 6.15. The Morgan fingerprint density at radius 2 is 2.20 bits per heavy atom. The van der Waals surface area contributed by atoms with Crippen LogP contribution in [0.25, 0.3) is 0 Å². The molecule has 0 aliphatic carbocycles. The monoisotopic (exact) mass is 359 g/mol. The zero-order valence-corrected chi connectivity index (χ0v) is 15.0. The second kappa shape index (κ2) is 7.33. The summed E-state index contributed by atoms with van der Waals surface area (Å²) in [4.78, 5) is 0.153. The van der Waals surface area contributed by atoms with Gasteiger partial charge in [-0.15, -0.1) is 10.2 Å². The van der Waals surface area contributed by atoms with Gasteiger partial charge in [-0.05, 0) is 37.5 Å². The maximum absolute atomic E-state index is 13.2. The lowest BCUT2D eigenvalue weighted by Gasteiger charge is -2.34. The number of aryl methyl sites for hydroxylation is 1.